The quantitative estimate of drug-likeness (QED) is 0.464. The van der Waals surface area contributed by atoms with E-state index in [0.29, 0.717) is 0 Å². The standard InChI is InChI=1S/C4H10N2/c1-4(6)2-3-5/h2-4H,5-6H2,1H3/b3-2+. The van der Waals surface area contributed by atoms with Gasteiger partial charge in [0.05, 0.1) is 0 Å². The number of hydrogen-bond acceptors (Lipinski definition) is 2. The first-order valence-corrected chi connectivity index (χ1v) is 1.91. The fourth-order valence-corrected chi connectivity index (χ4v) is 0.175. The van der Waals surface area contributed by atoms with Crippen LogP contribution in [-0.2, 0) is 0 Å². The van der Waals surface area contributed by atoms with Crippen molar-refractivity contribution in [2.24, 2.45) is 11.5 Å². The molecule has 36 valence electrons. The predicted molar refractivity (Wildman–Crippen MR) is 27.0 cm³/mol. The molecule has 0 aliphatic rings. The first kappa shape index (κ1) is 5.50. The van der Waals surface area contributed by atoms with E-state index in [1.54, 1.807) is 6.08 Å². The van der Waals surface area contributed by atoms with Crippen molar-refractivity contribution in [1.82, 2.24) is 0 Å². The Kier molecular flexibility index (Phi) is 2.50. The minimum absolute atomic E-state index is 0.0926. The fourth-order valence-electron chi connectivity index (χ4n) is 0.175. The molecule has 0 heterocycles. The molecule has 0 aromatic heterocycles. The van der Waals surface area contributed by atoms with Crippen LogP contribution < -0.4 is 11.5 Å². The van der Waals surface area contributed by atoms with Gasteiger partial charge in [-0.25, -0.2) is 0 Å². The Morgan fingerprint density at radius 2 is 2.17 bits per heavy atom. The van der Waals surface area contributed by atoms with Gasteiger partial charge in [0.15, 0.2) is 0 Å². The van der Waals surface area contributed by atoms with Crippen LogP contribution in [0, 0.1) is 0 Å². The molecule has 0 bridgehead atoms. The average Bonchev–Trinajstić information content (AvgIpc) is 1.35. The third-order valence-corrected chi connectivity index (χ3v) is 0.415. The summed E-state index contributed by atoms with van der Waals surface area (Å²) in [6.45, 7) is 1.86. The Morgan fingerprint density at radius 1 is 1.67 bits per heavy atom. The molecule has 1 unspecified atom stereocenters. The van der Waals surface area contributed by atoms with Crippen molar-refractivity contribution in [2.45, 2.75) is 13.0 Å². The molecule has 0 aliphatic carbocycles. The summed E-state index contributed by atoms with van der Waals surface area (Å²) in [6, 6.07) is 0.0926. The van der Waals surface area contributed by atoms with Crippen LogP contribution in [0.3, 0.4) is 0 Å². The lowest BCUT2D eigenvalue weighted by atomic mass is 10.4. The Balaban J connectivity index is 3.03. The molecule has 0 fully saturated rings. The molecular weight excluding hydrogens is 76.1 g/mol. The van der Waals surface area contributed by atoms with Crippen molar-refractivity contribution < 1.29 is 0 Å². The summed E-state index contributed by atoms with van der Waals surface area (Å²) in [5, 5.41) is 0. The molecule has 0 aromatic carbocycles. The molecule has 0 saturated carbocycles. The molecule has 0 rings (SSSR count). The van der Waals surface area contributed by atoms with Gasteiger partial charge in [-0.3, -0.25) is 0 Å². The van der Waals surface area contributed by atoms with Gasteiger partial charge in [-0.15, -0.1) is 0 Å². The van der Waals surface area contributed by atoms with Gasteiger partial charge in [-0.1, -0.05) is 6.08 Å². The van der Waals surface area contributed by atoms with E-state index < -0.39 is 0 Å². The summed E-state index contributed by atoms with van der Waals surface area (Å²) in [7, 11) is 0. The summed E-state index contributed by atoms with van der Waals surface area (Å²) >= 11 is 0. The normalized spacial score (nSPS) is 15.7. The van der Waals surface area contributed by atoms with Crippen molar-refractivity contribution >= 4 is 0 Å². The summed E-state index contributed by atoms with van der Waals surface area (Å²) in [5.41, 5.74) is 10.2. The maximum atomic E-state index is 5.24. The second-order valence-corrected chi connectivity index (χ2v) is 1.24. The monoisotopic (exact) mass is 86.1 g/mol. The van der Waals surface area contributed by atoms with Crippen molar-refractivity contribution in [3.8, 4) is 0 Å². The van der Waals surface area contributed by atoms with Crippen LogP contribution >= 0.6 is 0 Å². The Bertz CT molecular complexity index is 47.5. The van der Waals surface area contributed by atoms with Crippen molar-refractivity contribution in [3.05, 3.63) is 12.3 Å². The van der Waals surface area contributed by atoms with Gasteiger partial charge in [-0.2, -0.15) is 0 Å². The first-order chi connectivity index (χ1) is 2.77. The second-order valence-electron chi connectivity index (χ2n) is 1.24. The van der Waals surface area contributed by atoms with Gasteiger partial charge in [0.1, 0.15) is 0 Å². The SMILES string of the molecule is CC(N)/C=C/N. The van der Waals surface area contributed by atoms with Crippen LogP contribution in [0.4, 0.5) is 0 Å². The van der Waals surface area contributed by atoms with E-state index in [4.69, 9.17) is 11.5 Å². The van der Waals surface area contributed by atoms with Gasteiger partial charge in [0, 0.05) is 6.04 Å². The van der Waals surface area contributed by atoms with Crippen LogP contribution in [-0.4, -0.2) is 6.04 Å². The van der Waals surface area contributed by atoms with Crippen LogP contribution in [0.1, 0.15) is 6.92 Å². The summed E-state index contributed by atoms with van der Waals surface area (Å²) in [4.78, 5) is 0. The lowest BCUT2D eigenvalue weighted by Gasteiger charge is -1.88. The van der Waals surface area contributed by atoms with Crippen molar-refractivity contribution in [3.63, 3.8) is 0 Å². The molecule has 2 heteroatoms. The summed E-state index contributed by atoms with van der Waals surface area (Å²) in [6.07, 6.45) is 3.17. The molecule has 0 spiro atoms. The van der Waals surface area contributed by atoms with Crippen LogP contribution in [0.25, 0.3) is 0 Å². The van der Waals surface area contributed by atoms with Crippen LogP contribution in [0.15, 0.2) is 12.3 Å². The zero-order chi connectivity index (χ0) is 4.99. The molecule has 0 aliphatic heterocycles. The molecule has 2 nitrogen and oxygen atoms in total. The molecule has 0 aromatic rings. The van der Waals surface area contributed by atoms with Gasteiger partial charge in [0.2, 0.25) is 0 Å². The summed E-state index contributed by atoms with van der Waals surface area (Å²) < 4.78 is 0. The van der Waals surface area contributed by atoms with Gasteiger partial charge in [-0.05, 0) is 13.1 Å². The van der Waals surface area contributed by atoms with Crippen LogP contribution in [0.2, 0.25) is 0 Å². The van der Waals surface area contributed by atoms with E-state index in [1.165, 1.54) is 6.20 Å². The third-order valence-electron chi connectivity index (χ3n) is 0.415. The highest BCUT2D eigenvalue weighted by Crippen LogP contribution is 1.70. The van der Waals surface area contributed by atoms with E-state index >= 15 is 0 Å². The average molecular weight is 86.1 g/mol. The second kappa shape index (κ2) is 2.72. The van der Waals surface area contributed by atoms with Gasteiger partial charge < -0.3 is 11.5 Å². The van der Waals surface area contributed by atoms with Crippen molar-refractivity contribution in [1.29, 1.82) is 0 Å². The largest absolute Gasteiger partial charge is 0.405 e. The van der Waals surface area contributed by atoms with Gasteiger partial charge >= 0.3 is 0 Å². The highest BCUT2D eigenvalue weighted by Gasteiger charge is 1.76. The van der Waals surface area contributed by atoms with E-state index in [-0.39, 0.29) is 6.04 Å². The first-order valence-electron chi connectivity index (χ1n) is 1.91. The molecule has 0 saturated heterocycles. The molecular formula is C4H10N2. The lowest BCUT2D eigenvalue weighted by molar-refractivity contribution is 0.923. The number of hydrogen-bond donors (Lipinski definition) is 2. The molecule has 6 heavy (non-hydrogen) atoms. The van der Waals surface area contributed by atoms with E-state index in [1.807, 2.05) is 6.92 Å². The minimum atomic E-state index is 0.0926. The Labute approximate surface area is 37.8 Å². The highest BCUT2D eigenvalue weighted by atomic mass is 14.6. The smallest absolute Gasteiger partial charge is 0.0211 e. The zero-order valence-corrected chi connectivity index (χ0v) is 3.89. The Morgan fingerprint density at radius 3 is 2.17 bits per heavy atom. The molecule has 0 amide bonds. The van der Waals surface area contributed by atoms with E-state index in [0.717, 1.165) is 0 Å². The summed E-state index contributed by atoms with van der Waals surface area (Å²) in [5.74, 6) is 0. The fraction of sp³-hybridized carbons (Fsp3) is 0.500. The van der Waals surface area contributed by atoms with Crippen molar-refractivity contribution in [2.75, 3.05) is 0 Å². The molecule has 1 atom stereocenters. The molecule has 4 N–H and O–H groups in total. The third kappa shape index (κ3) is 3.50. The number of rotatable bonds is 1. The maximum Gasteiger partial charge on any atom is 0.0211 e. The maximum absolute atomic E-state index is 5.24. The Hall–Kier alpha value is -0.500. The lowest BCUT2D eigenvalue weighted by Crippen LogP contribution is -2.10. The topological polar surface area (TPSA) is 52.0 Å². The van der Waals surface area contributed by atoms with E-state index in [9.17, 15) is 0 Å². The predicted octanol–water partition coefficient (Wildman–Crippen LogP) is -0.194. The zero-order valence-electron chi connectivity index (χ0n) is 3.89. The van der Waals surface area contributed by atoms with Crippen LogP contribution in [0.5, 0.6) is 0 Å². The highest BCUT2D eigenvalue weighted by molar-refractivity contribution is 4.83. The minimum Gasteiger partial charge on any atom is -0.405 e. The van der Waals surface area contributed by atoms with E-state index in [2.05, 4.69) is 0 Å². The van der Waals surface area contributed by atoms with Gasteiger partial charge in [0.25, 0.3) is 0 Å². The molecule has 0 radical (unpaired) electrons. The number of nitrogens with two attached hydrogens (primary N) is 2.